The Labute approximate surface area is 116 Å². The largest absolute Gasteiger partial charge is 0.497 e. The van der Waals surface area contributed by atoms with Gasteiger partial charge in [-0.15, -0.1) is 0 Å². The molecule has 1 aromatic carbocycles. The highest BCUT2D eigenvalue weighted by Crippen LogP contribution is 2.34. The number of hydrogen-bond acceptors (Lipinski definition) is 4. The van der Waals surface area contributed by atoms with Crippen LogP contribution in [0.1, 0.15) is 12.0 Å². The number of methoxy groups -OCH3 is 2. The first kappa shape index (κ1) is 13.9. The second-order valence-corrected chi connectivity index (χ2v) is 4.49. The molecular weight excluding hydrogens is 266 g/mol. The minimum atomic E-state index is 0.122. The zero-order chi connectivity index (χ0) is 13.8. The monoisotopic (exact) mass is 281 g/mol. The zero-order valence-electron chi connectivity index (χ0n) is 10.9. The van der Waals surface area contributed by atoms with Gasteiger partial charge in [0.2, 0.25) is 5.88 Å². The third-order valence-corrected chi connectivity index (χ3v) is 3.30. The van der Waals surface area contributed by atoms with Crippen LogP contribution in [0.25, 0.3) is 10.8 Å². The van der Waals surface area contributed by atoms with Gasteiger partial charge in [-0.05, 0) is 36.4 Å². The molecule has 0 fully saturated rings. The van der Waals surface area contributed by atoms with E-state index in [4.69, 9.17) is 26.2 Å². The summed E-state index contributed by atoms with van der Waals surface area (Å²) < 4.78 is 10.5. The molecular formula is C14H16ClNO3. The molecule has 2 rings (SSSR count). The maximum absolute atomic E-state index is 9.01. The lowest BCUT2D eigenvalue weighted by molar-refractivity contribution is 0.287. The van der Waals surface area contributed by atoms with Crippen LogP contribution in [-0.2, 0) is 6.42 Å². The fourth-order valence-electron chi connectivity index (χ4n) is 2.08. The summed E-state index contributed by atoms with van der Waals surface area (Å²) in [6.45, 7) is 0.122. The summed E-state index contributed by atoms with van der Waals surface area (Å²) in [6.07, 6.45) is 1.32. The molecule has 0 spiro atoms. The Bertz CT molecular complexity index is 586. The fourth-order valence-corrected chi connectivity index (χ4v) is 2.32. The van der Waals surface area contributed by atoms with Gasteiger partial charge in [0.25, 0.3) is 0 Å². The molecule has 1 aromatic heterocycles. The van der Waals surface area contributed by atoms with Crippen molar-refractivity contribution in [3.8, 4) is 11.6 Å². The Hall–Kier alpha value is -1.52. The minimum Gasteiger partial charge on any atom is -0.497 e. The summed E-state index contributed by atoms with van der Waals surface area (Å²) >= 11 is 6.16. The van der Waals surface area contributed by atoms with Crippen LogP contribution in [0.5, 0.6) is 11.6 Å². The molecule has 1 heterocycles. The van der Waals surface area contributed by atoms with Gasteiger partial charge >= 0.3 is 0 Å². The van der Waals surface area contributed by atoms with Gasteiger partial charge in [0.05, 0.1) is 14.2 Å². The molecule has 0 aliphatic heterocycles. The predicted molar refractivity (Wildman–Crippen MR) is 75.3 cm³/mol. The quantitative estimate of drug-likeness (QED) is 0.856. The number of aryl methyl sites for hydroxylation is 1. The van der Waals surface area contributed by atoms with Crippen LogP contribution in [-0.4, -0.2) is 30.9 Å². The van der Waals surface area contributed by atoms with Crippen LogP contribution >= 0.6 is 11.6 Å². The smallest absolute Gasteiger partial charge is 0.218 e. The molecule has 0 atom stereocenters. The zero-order valence-corrected chi connectivity index (χ0v) is 11.7. The van der Waals surface area contributed by atoms with Crippen molar-refractivity contribution in [3.63, 3.8) is 0 Å². The average molecular weight is 282 g/mol. The van der Waals surface area contributed by atoms with E-state index in [9.17, 15) is 0 Å². The van der Waals surface area contributed by atoms with Crippen molar-refractivity contribution in [2.45, 2.75) is 12.8 Å². The number of hydrogen-bond donors (Lipinski definition) is 1. The molecule has 0 saturated heterocycles. The van der Waals surface area contributed by atoms with Crippen LogP contribution in [0.3, 0.4) is 0 Å². The summed E-state index contributed by atoms with van der Waals surface area (Å²) in [5.41, 5.74) is 0.940. The van der Waals surface area contributed by atoms with Gasteiger partial charge in [-0.25, -0.2) is 4.98 Å². The number of rotatable bonds is 5. The van der Waals surface area contributed by atoms with Gasteiger partial charge in [0.15, 0.2) is 0 Å². The normalized spacial score (nSPS) is 10.7. The summed E-state index contributed by atoms with van der Waals surface area (Å²) in [6, 6.07) is 5.64. The van der Waals surface area contributed by atoms with Crippen molar-refractivity contribution < 1.29 is 14.6 Å². The van der Waals surface area contributed by atoms with Gasteiger partial charge in [0, 0.05) is 17.6 Å². The Morgan fingerprint density at radius 3 is 2.63 bits per heavy atom. The van der Waals surface area contributed by atoms with E-state index in [2.05, 4.69) is 4.98 Å². The van der Waals surface area contributed by atoms with E-state index in [1.165, 1.54) is 0 Å². The number of benzene rings is 1. The van der Waals surface area contributed by atoms with E-state index in [-0.39, 0.29) is 6.61 Å². The van der Waals surface area contributed by atoms with Gasteiger partial charge in [-0.1, -0.05) is 11.6 Å². The van der Waals surface area contributed by atoms with E-state index < -0.39 is 0 Å². The standard InChI is InChI=1S/C14H16ClNO3/c1-18-9-5-6-10-12(8-9)11(4-3-7-17)14(19-2)16-13(10)15/h5-6,8,17H,3-4,7H2,1-2H3. The lowest BCUT2D eigenvalue weighted by atomic mass is 10.0. The maximum atomic E-state index is 9.01. The van der Waals surface area contributed by atoms with E-state index in [0.717, 1.165) is 22.1 Å². The number of ether oxygens (including phenoxy) is 2. The highest BCUT2D eigenvalue weighted by atomic mass is 35.5. The molecule has 0 aliphatic carbocycles. The first-order valence-electron chi connectivity index (χ1n) is 6.02. The first-order valence-corrected chi connectivity index (χ1v) is 6.40. The van der Waals surface area contributed by atoms with Crippen molar-refractivity contribution in [3.05, 3.63) is 28.9 Å². The van der Waals surface area contributed by atoms with Gasteiger partial charge in [-0.2, -0.15) is 0 Å². The van der Waals surface area contributed by atoms with Gasteiger partial charge in [0.1, 0.15) is 10.9 Å². The average Bonchev–Trinajstić information content (AvgIpc) is 2.45. The van der Waals surface area contributed by atoms with Crippen molar-refractivity contribution in [1.29, 1.82) is 0 Å². The number of nitrogens with zero attached hydrogens (tertiary/aromatic N) is 1. The predicted octanol–water partition coefficient (Wildman–Crippen LogP) is 2.83. The number of halogens is 1. The molecule has 0 radical (unpaired) electrons. The topological polar surface area (TPSA) is 51.6 Å². The van der Waals surface area contributed by atoms with Crippen LogP contribution in [0.15, 0.2) is 18.2 Å². The highest BCUT2D eigenvalue weighted by molar-refractivity contribution is 6.34. The molecule has 4 nitrogen and oxygen atoms in total. The SMILES string of the molecule is COc1ccc2c(Cl)nc(OC)c(CCCO)c2c1. The first-order chi connectivity index (χ1) is 9.21. The van der Waals surface area contributed by atoms with Crippen LogP contribution in [0.2, 0.25) is 5.15 Å². The Morgan fingerprint density at radius 2 is 2.00 bits per heavy atom. The molecule has 0 saturated carbocycles. The molecule has 0 aliphatic rings. The number of aliphatic hydroxyl groups excluding tert-OH is 1. The lowest BCUT2D eigenvalue weighted by Crippen LogP contribution is -2.00. The van der Waals surface area contributed by atoms with Crippen LogP contribution in [0, 0.1) is 0 Å². The van der Waals surface area contributed by atoms with Gasteiger partial charge < -0.3 is 14.6 Å². The maximum Gasteiger partial charge on any atom is 0.218 e. The number of pyridine rings is 1. The van der Waals surface area contributed by atoms with Crippen molar-refractivity contribution >= 4 is 22.4 Å². The summed E-state index contributed by atoms with van der Waals surface area (Å²) in [4.78, 5) is 4.25. The van der Waals surface area contributed by atoms with E-state index >= 15 is 0 Å². The molecule has 2 aromatic rings. The van der Waals surface area contributed by atoms with Crippen molar-refractivity contribution in [1.82, 2.24) is 4.98 Å². The van der Waals surface area contributed by atoms with Crippen LogP contribution in [0.4, 0.5) is 0 Å². The molecule has 0 bridgehead atoms. The second kappa shape index (κ2) is 6.08. The number of aliphatic hydroxyl groups is 1. The summed E-state index contributed by atoms with van der Waals surface area (Å²) in [5, 5.41) is 11.2. The Morgan fingerprint density at radius 1 is 1.21 bits per heavy atom. The number of aromatic nitrogens is 1. The molecule has 102 valence electrons. The lowest BCUT2D eigenvalue weighted by Gasteiger charge is -2.13. The van der Waals surface area contributed by atoms with E-state index in [0.29, 0.717) is 23.9 Å². The second-order valence-electron chi connectivity index (χ2n) is 4.13. The molecule has 19 heavy (non-hydrogen) atoms. The molecule has 1 N–H and O–H groups in total. The van der Waals surface area contributed by atoms with Crippen molar-refractivity contribution in [2.24, 2.45) is 0 Å². The minimum absolute atomic E-state index is 0.122. The third kappa shape index (κ3) is 2.74. The van der Waals surface area contributed by atoms with E-state index in [1.54, 1.807) is 14.2 Å². The Balaban J connectivity index is 2.67. The molecule has 5 heteroatoms. The third-order valence-electron chi connectivity index (χ3n) is 3.01. The molecule has 0 unspecified atom stereocenters. The summed E-state index contributed by atoms with van der Waals surface area (Å²) in [5.74, 6) is 1.25. The number of fused-ring (bicyclic) bond motifs is 1. The fraction of sp³-hybridized carbons (Fsp3) is 0.357. The van der Waals surface area contributed by atoms with Crippen LogP contribution < -0.4 is 9.47 Å². The molecule has 0 amide bonds. The van der Waals surface area contributed by atoms with Crippen molar-refractivity contribution in [2.75, 3.05) is 20.8 Å². The Kier molecular flexibility index (Phi) is 4.45. The highest BCUT2D eigenvalue weighted by Gasteiger charge is 2.14. The van der Waals surface area contributed by atoms with Gasteiger partial charge in [-0.3, -0.25) is 0 Å². The summed E-state index contributed by atoms with van der Waals surface area (Å²) in [7, 11) is 3.18. The van der Waals surface area contributed by atoms with E-state index in [1.807, 2.05) is 18.2 Å².